The molecule has 0 unspecified atom stereocenters. The van der Waals surface area contributed by atoms with E-state index in [2.05, 4.69) is 78.7 Å². The Balaban J connectivity index is 2.05. The Bertz CT molecular complexity index is 415. The minimum Gasteiger partial charge on any atom is -0.339 e. The van der Waals surface area contributed by atoms with Gasteiger partial charge in [-0.1, -0.05) is 74.5 Å². The summed E-state index contributed by atoms with van der Waals surface area (Å²) in [4.78, 5) is 0. The first kappa shape index (κ1) is 13.3. The van der Waals surface area contributed by atoms with E-state index in [0.717, 1.165) is 19.4 Å². The van der Waals surface area contributed by atoms with E-state index >= 15 is 0 Å². The lowest BCUT2D eigenvalue weighted by atomic mass is 10.4. The van der Waals surface area contributed by atoms with Gasteiger partial charge in [0.15, 0.2) is 19.4 Å². The van der Waals surface area contributed by atoms with E-state index in [9.17, 15) is 0 Å². The zero-order chi connectivity index (χ0) is 12.8. The highest BCUT2D eigenvalue weighted by atomic mass is 28.3. The molecule has 0 N–H and O–H groups in total. The normalized spacial score (nSPS) is 11.1. The predicted molar refractivity (Wildman–Crippen MR) is 80.6 cm³/mol. The molecule has 2 aromatic carbocycles. The molecule has 0 saturated carbocycles. The molecule has 90 valence electrons. The summed E-state index contributed by atoms with van der Waals surface area (Å²) in [6.45, 7) is 4.54. The molecule has 0 aliphatic rings. The van der Waals surface area contributed by atoms with Crippen LogP contribution in [0.15, 0.2) is 60.7 Å². The Morgan fingerprint density at radius 2 is 1.11 bits per heavy atom. The molecule has 0 saturated heterocycles. The molecule has 0 bridgehead atoms. The fraction of sp³-hybridized carbons (Fsp3) is 0.200. The molecular formula is C15H17NSi2. The van der Waals surface area contributed by atoms with Gasteiger partial charge in [0.05, 0.1) is 0 Å². The molecular weight excluding hydrogens is 250 g/mol. The molecule has 2 aromatic rings. The first-order chi connectivity index (χ1) is 8.75. The van der Waals surface area contributed by atoms with Gasteiger partial charge in [0.25, 0.3) is 0 Å². The predicted octanol–water partition coefficient (Wildman–Crippen LogP) is 1.59. The summed E-state index contributed by atoms with van der Waals surface area (Å²) < 4.78 is 2.55. The second kappa shape index (κ2) is 6.68. The highest BCUT2D eigenvalue weighted by Gasteiger charge is 2.13. The average molecular weight is 267 g/mol. The van der Waals surface area contributed by atoms with Gasteiger partial charge >= 0.3 is 0 Å². The first-order valence-corrected chi connectivity index (χ1v) is 8.08. The van der Waals surface area contributed by atoms with Crippen LogP contribution in [0.25, 0.3) is 0 Å². The molecule has 4 radical (unpaired) electrons. The van der Waals surface area contributed by atoms with Gasteiger partial charge in [0, 0.05) is 0 Å². The molecule has 0 aliphatic carbocycles. The number of rotatable bonds is 5. The van der Waals surface area contributed by atoms with Crippen molar-refractivity contribution in [1.29, 1.82) is 0 Å². The Morgan fingerprint density at radius 3 is 1.44 bits per heavy atom. The Labute approximate surface area is 115 Å². The summed E-state index contributed by atoms with van der Waals surface area (Å²) in [5.74, 6) is 0. The molecule has 1 nitrogen and oxygen atoms in total. The van der Waals surface area contributed by atoms with Crippen LogP contribution in [-0.2, 0) is 0 Å². The zero-order valence-electron chi connectivity index (χ0n) is 10.8. The smallest absolute Gasteiger partial charge is 0.175 e. The van der Waals surface area contributed by atoms with Crippen molar-refractivity contribution in [2.75, 3.05) is 0 Å². The van der Waals surface area contributed by atoms with Gasteiger partial charge in [-0.25, -0.2) is 0 Å². The molecule has 0 aromatic heterocycles. The first-order valence-electron chi connectivity index (χ1n) is 6.18. The molecule has 0 fully saturated rings. The van der Waals surface area contributed by atoms with Crippen LogP contribution in [0.4, 0.5) is 0 Å². The van der Waals surface area contributed by atoms with Crippen LogP contribution < -0.4 is 10.4 Å². The second-order valence-corrected chi connectivity index (χ2v) is 7.43. The van der Waals surface area contributed by atoms with E-state index in [1.54, 1.807) is 0 Å². The third-order valence-corrected chi connectivity index (χ3v) is 5.93. The maximum Gasteiger partial charge on any atom is 0.175 e. The number of benzene rings is 2. The van der Waals surface area contributed by atoms with Gasteiger partial charge in [-0.05, 0) is 16.4 Å². The summed E-state index contributed by atoms with van der Waals surface area (Å²) in [7, 11) is 1.49. The lowest BCUT2D eigenvalue weighted by Crippen LogP contribution is -2.47. The van der Waals surface area contributed by atoms with Crippen LogP contribution in [0.3, 0.4) is 0 Å². The maximum absolute atomic E-state index is 2.55. The van der Waals surface area contributed by atoms with Crippen molar-refractivity contribution in [1.82, 2.24) is 4.23 Å². The molecule has 18 heavy (non-hydrogen) atoms. The van der Waals surface area contributed by atoms with Crippen LogP contribution >= 0.6 is 0 Å². The summed E-state index contributed by atoms with van der Waals surface area (Å²) in [5, 5.41) is 2.82. The van der Waals surface area contributed by atoms with Crippen molar-refractivity contribution < 1.29 is 0 Å². The second-order valence-electron chi connectivity index (χ2n) is 4.42. The van der Waals surface area contributed by atoms with Gasteiger partial charge < -0.3 is 4.23 Å². The molecule has 0 aliphatic heterocycles. The lowest BCUT2D eigenvalue weighted by molar-refractivity contribution is 0.557. The van der Waals surface area contributed by atoms with Crippen molar-refractivity contribution in [3.05, 3.63) is 60.7 Å². The monoisotopic (exact) mass is 267 g/mol. The molecule has 0 amide bonds. The third-order valence-electron chi connectivity index (χ3n) is 2.56. The van der Waals surface area contributed by atoms with E-state index in [-0.39, 0.29) is 0 Å². The Hall–Kier alpha value is -1.17. The van der Waals surface area contributed by atoms with Crippen molar-refractivity contribution in [2.45, 2.75) is 19.9 Å². The van der Waals surface area contributed by atoms with Crippen LogP contribution in [0.1, 0.15) is 13.8 Å². The van der Waals surface area contributed by atoms with E-state index in [1.165, 1.54) is 10.4 Å². The van der Waals surface area contributed by atoms with Gasteiger partial charge in [-0.15, -0.1) is 0 Å². The summed E-state index contributed by atoms with van der Waals surface area (Å²) >= 11 is 0. The quantitative estimate of drug-likeness (QED) is 0.744. The summed E-state index contributed by atoms with van der Waals surface area (Å²) in [6, 6.07) is 22.0. The minimum atomic E-state index is 0.571. The number of hydrogen-bond donors (Lipinski definition) is 0. The van der Waals surface area contributed by atoms with Crippen LogP contribution in [0.2, 0.25) is 0 Å². The number of nitrogens with zero attached hydrogens (tertiary/aromatic N) is 1. The summed E-state index contributed by atoms with van der Waals surface area (Å²) in [6.07, 6.45) is 0. The molecule has 0 heterocycles. The average Bonchev–Trinajstić information content (AvgIpc) is 2.40. The molecule has 3 heteroatoms. The van der Waals surface area contributed by atoms with E-state index in [1.807, 2.05) is 0 Å². The van der Waals surface area contributed by atoms with Crippen molar-refractivity contribution >= 4 is 29.7 Å². The molecule has 0 spiro atoms. The van der Waals surface area contributed by atoms with Gasteiger partial charge in [-0.3, -0.25) is 0 Å². The van der Waals surface area contributed by atoms with Crippen LogP contribution in [-0.4, -0.2) is 29.6 Å². The number of hydrogen-bond acceptors (Lipinski definition) is 1. The topological polar surface area (TPSA) is 3.24 Å². The van der Waals surface area contributed by atoms with Crippen molar-refractivity contribution in [2.24, 2.45) is 0 Å². The van der Waals surface area contributed by atoms with Gasteiger partial charge in [-0.2, -0.15) is 0 Å². The van der Waals surface area contributed by atoms with Gasteiger partial charge in [0.2, 0.25) is 0 Å². The zero-order valence-corrected chi connectivity index (χ0v) is 12.8. The van der Waals surface area contributed by atoms with Crippen LogP contribution in [0.5, 0.6) is 0 Å². The van der Waals surface area contributed by atoms with Crippen molar-refractivity contribution in [3.63, 3.8) is 0 Å². The summed E-state index contributed by atoms with van der Waals surface area (Å²) in [5.41, 5.74) is 0. The van der Waals surface area contributed by atoms with E-state index in [4.69, 9.17) is 0 Å². The molecule has 0 atom stereocenters. The van der Waals surface area contributed by atoms with Gasteiger partial charge in [0.1, 0.15) is 0 Å². The van der Waals surface area contributed by atoms with E-state index in [0.29, 0.717) is 6.04 Å². The third kappa shape index (κ3) is 3.94. The fourth-order valence-electron chi connectivity index (χ4n) is 1.59. The highest BCUT2D eigenvalue weighted by molar-refractivity contribution is 6.66. The SMILES string of the molecule is CC(C)N([Si]c1ccccc1)[Si]c1ccccc1. The fourth-order valence-corrected chi connectivity index (χ4v) is 4.34. The Kier molecular flexibility index (Phi) is 4.93. The minimum absolute atomic E-state index is 0.571. The maximum atomic E-state index is 2.55. The highest BCUT2D eigenvalue weighted by Crippen LogP contribution is 1.95. The Morgan fingerprint density at radius 1 is 0.722 bits per heavy atom. The standard InChI is InChI=1S/C15H17NSi2/c1-13(2)16(17-14-9-5-3-6-10-14)18-15-11-7-4-8-12-15/h3-13H,1-2H3. The van der Waals surface area contributed by atoms with Crippen molar-refractivity contribution in [3.8, 4) is 0 Å². The van der Waals surface area contributed by atoms with E-state index < -0.39 is 0 Å². The largest absolute Gasteiger partial charge is 0.339 e. The lowest BCUT2D eigenvalue weighted by Gasteiger charge is -2.25. The molecule has 2 rings (SSSR count). The van der Waals surface area contributed by atoms with Crippen LogP contribution in [0, 0.1) is 0 Å².